The lowest BCUT2D eigenvalue weighted by Gasteiger charge is -2.14. The molecule has 2 aromatic rings. The van der Waals surface area contributed by atoms with Gasteiger partial charge in [-0.25, -0.2) is 13.0 Å². The van der Waals surface area contributed by atoms with E-state index in [1.165, 1.54) is 25.1 Å². The fourth-order valence-corrected chi connectivity index (χ4v) is 3.53. The third kappa shape index (κ3) is 5.07. The second kappa shape index (κ2) is 8.34. The van der Waals surface area contributed by atoms with E-state index in [0.717, 1.165) is 17.8 Å². The van der Waals surface area contributed by atoms with Gasteiger partial charge in [-0.05, 0) is 31.2 Å². The van der Waals surface area contributed by atoms with Gasteiger partial charge in [0.2, 0.25) is 6.54 Å². The molecular formula is C15H12F2N2O5S2. The summed E-state index contributed by atoms with van der Waals surface area (Å²) >= 11 is -1.73. The van der Waals surface area contributed by atoms with Crippen LogP contribution in [0, 0.1) is 21.7 Å². The predicted octanol–water partition coefficient (Wildman–Crippen LogP) is 3.64. The fraction of sp³-hybridized carbons (Fsp3) is 0.133. The number of nitrogens with one attached hydrogen (secondary N) is 1. The van der Waals surface area contributed by atoms with Gasteiger partial charge < -0.3 is 0 Å². The Morgan fingerprint density at radius 3 is 2.54 bits per heavy atom. The zero-order valence-corrected chi connectivity index (χ0v) is 14.8. The lowest BCUT2D eigenvalue weighted by atomic mass is 10.0. The van der Waals surface area contributed by atoms with Crippen molar-refractivity contribution in [3.63, 3.8) is 0 Å². The van der Waals surface area contributed by atoms with Crippen LogP contribution in [-0.4, -0.2) is 19.5 Å². The summed E-state index contributed by atoms with van der Waals surface area (Å²) in [6.45, 7) is 0.543. The van der Waals surface area contributed by atoms with Crippen molar-refractivity contribution in [3.05, 3.63) is 63.2 Å². The highest BCUT2D eigenvalue weighted by molar-refractivity contribution is 7.99. The molecule has 26 heavy (non-hydrogen) atoms. The van der Waals surface area contributed by atoms with Crippen molar-refractivity contribution >= 4 is 34.5 Å². The van der Waals surface area contributed by atoms with Crippen LogP contribution in [-0.2, 0) is 17.8 Å². The highest BCUT2D eigenvalue weighted by Crippen LogP contribution is 2.37. The van der Waals surface area contributed by atoms with E-state index in [0.29, 0.717) is 6.07 Å². The summed E-state index contributed by atoms with van der Waals surface area (Å²) in [7, 11) is 0. The van der Waals surface area contributed by atoms with Crippen molar-refractivity contribution in [2.24, 2.45) is 0 Å². The van der Waals surface area contributed by atoms with E-state index in [1.54, 1.807) is 0 Å². The van der Waals surface area contributed by atoms with Crippen molar-refractivity contribution in [1.29, 1.82) is 0 Å². The molecule has 0 saturated carbocycles. The van der Waals surface area contributed by atoms with Crippen LogP contribution in [0.1, 0.15) is 22.8 Å². The van der Waals surface area contributed by atoms with Crippen molar-refractivity contribution in [2.75, 3.05) is 4.72 Å². The molecule has 2 N–H and O–H groups in total. The molecule has 0 bridgehead atoms. The molecule has 7 nitrogen and oxygen atoms in total. The number of anilines is 1. The van der Waals surface area contributed by atoms with Gasteiger partial charge in [0.15, 0.2) is 5.78 Å². The number of carbonyl (C=O) groups excluding carboxylic acids is 1. The number of rotatable bonds is 7. The van der Waals surface area contributed by atoms with Gasteiger partial charge in [0.1, 0.15) is 11.6 Å². The normalized spacial score (nSPS) is 11.8. The number of hydrogen-bond acceptors (Lipinski definition) is 5. The minimum Gasteiger partial charge on any atom is -0.294 e. The molecule has 0 aliphatic rings. The summed E-state index contributed by atoms with van der Waals surface area (Å²) in [5, 5.41) is 10.8. The first kappa shape index (κ1) is 19.9. The summed E-state index contributed by atoms with van der Waals surface area (Å²) in [6, 6.07) is 5.33. The lowest BCUT2D eigenvalue weighted by Crippen LogP contribution is -2.09. The number of benzene rings is 2. The Morgan fingerprint density at radius 2 is 2.00 bits per heavy atom. The molecule has 1 atom stereocenters. The number of Topliss-reactive ketones (excluding diaryl/α,β-unsaturated/α-hetero) is 1. The zero-order valence-electron chi connectivity index (χ0n) is 13.2. The molecule has 2 rings (SSSR count). The minimum absolute atomic E-state index is 0.000741. The maximum Gasteiger partial charge on any atom is 0.259 e. The van der Waals surface area contributed by atoms with E-state index in [-0.39, 0.29) is 26.6 Å². The van der Waals surface area contributed by atoms with Crippen LogP contribution in [0.2, 0.25) is 0 Å². The van der Waals surface area contributed by atoms with Crippen LogP contribution < -0.4 is 4.72 Å². The Hall–Kier alpha value is -2.37. The number of hydrogen-bond donors (Lipinski definition) is 2. The number of ketones is 1. The molecule has 0 fully saturated rings. The third-order valence-electron chi connectivity index (χ3n) is 3.20. The molecule has 0 aliphatic carbocycles. The molecule has 2 aromatic carbocycles. The predicted molar refractivity (Wildman–Crippen MR) is 92.0 cm³/mol. The van der Waals surface area contributed by atoms with Gasteiger partial charge in [-0.2, -0.15) is 0 Å². The molecule has 138 valence electrons. The van der Waals surface area contributed by atoms with Gasteiger partial charge in [-0.3, -0.25) is 24.2 Å². The van der Waals surface area contributed by atoms with E-state index >= 15 is 0 Å². The van der Waals surface area contributed by atoms with E-state index in [4.69, 9.17) is 4.55 Å². The molecule has 0 aromatic heterocycles. The standard InChI is InChI=1S/C15H12F2N2O5S2/c1-8(20)11-6-13(18-26(23)24)15(4-9(11)7-19(21)22)25-14-3-2-10(16)5-12(14)17/h2-6,18H,7H2,1H3,(H,23,24). The molecule has 11 heteroatoms. The Kier molecular flexibility index (Phi) is 6.40. The van der Waals surface area contributed by atoms with Gasteiger partial charge in [-0.15, -0.1) is 0 Å². The third-order valence-corrected chi connectivity index (χ3v) is 4.70. The van der Waals surface area contributed by atoms with Crippen LogP contribution in [0.4, 0.5) is 14.5 Å². The molecule has 0 spiro atoms. The molecule has 0 amide bonds. The van der Waals surface area contributed by atoms with Gasteiger partial charge >= 0.3 is 0 Å². The number of nitro groups is 1. The molecule has 1 unspecified atom stereocenters. The first-order chi connectivity index (χ1) is 12.2. The minimum atomic E-state index is -2.49. The first-order valence-corrected chi connectivity index (χ1v) is 8.89. The Bertz CT molecular complexity index is 908. The molecule has 0 radical (unpaired) electrons. The highest BCUT2D eigenvalue weighted by atomic mass is 32.2. The van der Waals surface area contributed by atoms with E-state index in [2.05, 4.69) is 4.72 Å². The quantitative estimate of drug-likeness (QED) is 0.317. The maximum atomic E-state index is 13.9. The van der Waals surface area contributed by atoms with Gasteiger partial charge in [0, 0.05) is 31.9 Å². The molecular weight excluding hydrogens is 390 g/mol. The van der Waals surface area contributed by atoms with Crippen molar-refractivity contribution in [1.82, 2.24) is 0 Å². The Labute approximate surface area is 153 Å². The SMILES string of the molecule is CC(=O)c1cc(NS(=O)O)c(Sc2ccc(F)cc2F)cc1C[N+](=O)[O-]. The van der Waals surface area contributed by atoms with E-state index in [9.17, 15) is 27.9 Å². The van der Waals surface area contributed by atoms with Crippen LogP contribution in [0.15, 0.2) is 40.1 Å². The monoisotopic (exact) mass is 402 g/mol. The summed E-state index contributed by atoms with van der Waals surface area (Å²) < 4.78 is 49.3. The van der Waals surface area contributed by atoms with Gasteiger partial charge in [0.05, 0.1) is 5.69 Å². The zero-order chi connectivity index (χ0) is 19.4. The van der Waals surface area contributed by atoms with Crippen molar-refractivity contribution < 1.29 is 27.3 Å². The largest absolute Gasteiger partial charge is 0.294 e. The fourth-order valence-electron chi connectivity index (χ4n) is 2.15. The van der Waals surface area contributed by atoms with Gasteiger partial charge in [0.25, 0.3) is 11.3 Å². The average Bonchev–Trinajstić information content (AvgIpc) is 2.50. The Balaban J connectivity index is 2.57. The van der Waals surface area contributed by atoms with E-state index in [1.807, 2.05) is 0 Å². The second-order valence-electron chi connectivity index (χ2n) is 5.08. The number of nitrogens with zero attached hydrogens (tertiary/aromatic N) is 1. The van der Waals surface area contributed by atoms with Crippen LogP contribution >= 0.6 is 11.8 Å². The van der Waals surface area contributed by atoms with E-state index < -0.39 is 40.2 Å². The first-order valence-electron chi connectivity index (χ1n) is 6.97. The smallest absolute Gasteiger partial charge is 0.259 e. The number of halogens is 2. The number of carbonyl (C=O) groups is 1. The van der Waals surface area contributed by atoms with Crippen molar-refractivity contribution in [3.8, 4) is 0 Å². The van der Waals surface area contributed by atoms with Crippen LogP contribution in [0.25, 0.3) is 0 Å². The van der Waals surface area contributed by atoms with Crippen LogP contribution in [0.3, 0.4) is 0 Å². The average molecular weight is 402 g/mol. The van der Waals surface area contributed by atoms with Crippen molar-refractivity contribution in [2.45, 2.75) is 23.3 Å². The topological polar surface area (TPSA) is 110 Å². The summed E-state index contributed by atoms with van der Waals surface area (Å²) in [4.78, 5) is 22.1. The molecule has 0 saturated heterocycles. The highest BCUT2D eigenvalue weighted by Gasteiger charge is 2.19. The summed E-state index contributed by atoms with van der Waals surface area (Å²) in [5.74, 6) is -2.11. The van der Waals surface area contributed by atoms with Crippen LogP contribution in [0.5, 0.6) is 0 Å². The molecule has 0 heterocycles. The Morgan fingerprint density at radius 1 is 1.31 bits per heavy atom. The summed E-state index contributed by atoms with van der Waals surface area (Å²) in [6.07, 6.45) is 0. The maximum absolute atomic E-state index is 13.9. The summed E-state index contributed by atoms with van der Waals surface area (Å²) in [5.41, 5.74) is 0.0808. The lowest BCUT2D eigenvalue weighted by molar-refractivity contribution is -0.496. The second-order valence-corrected chi connectivity index (χ2v) is 6.87. The molecule has 0 aliphatic heterocycles. The van der Waals surface area contributed by atoms with Gasteiger partial charge in [-0.1, -0.05) is 11.8 Å².